The van der Waals surface area contributed by atoms with Gasteiger partial charge in [-0.1, -0.05) is 12.2 Å². The summed E-state index contributed by atoms with van der Waals surface area (Å²) in [5.74, 6) is 0.780. The van der Waals surface area contributed by atoms with Crippen LogP contribution in [0.4, 0.5) is 0 Å². The van der Waals surface area contributed by atoms with Gasteiger partial charge in [0.1, 0.15) is 0 Å². The molecule has 0 aliphatic heterocycles. The van der Waals surface area contributed by atoms with Crippen LogP contribution in [-0.2, 0) is 13.3 Å². The van der Waals surface area contributed by atoms with E-state index in [9.17, 15) is 0 Å². The summed E-state index contributed by atoms with van der Waals surface area (Å²) < 4.78 is 16.2. The minimum atomic E-state index is -2.33. The van der Waals surface area contributed by atoms with Crippen molar-refractivity contribution >= 4 is 8.80 Å². The van der Waals surface area contributed by atoms with E-state index in [-0.39, 0.29) is 0 Å². The van der Waals surface area contributed by atoms with Gasteiger partial charge >= 0.3 is 8.80 Å². The zero-order chi connectivity index (χ0) is 11.1. The number of allylic oxidation sites excluding steroid dienone is 2. The molecular formula is C11H22O3Si. The van der Waals surface area contributed by atoms with Gasteiger partial charge in [0.15, 0.2) is 0 Å². The summed E-state index contributed by atoms with van der Waals surface area (Å²) >= 11 is 0. The highest BCUT2D eigenvalue weighted by Crippen LogP contribution is 2.26. The zero-order valence-electron chi connectivity index (χ0n) is 9.99. The normalized spacial score (nSPS) is 21.9. The minimum Gasteiger partial charge on any atom is -0.377 e. The fourth-order valence-electron chi connectivity index (χ4n) is 2.06. The van der Waals surface area contributed by atoms with E-state index in [1.807, 2.05) is 0 Å². The molecule has 4 heteroatoms. The second kappa shape index (κ2) is 6.43. The molecule has 0 spiro atoms. The Bertz CT molecular complexity index is 194. The first-order chi connectivity index (χ1) is 7.26. The third-order valence-electron chi connectivity index (χ3n) is 3.17. The molecule has 0 aromatic rings. The molecule has 88 valence electrons. The van der Waals surface area contributed by atoms with Crippen molar-refractivity contribution in [3.05, 3.63) is 12.2 Å². The molecule has 0 aromatic carbocycles. The highest BCUT2D eigenvalue weighted by molar-refractivity contribution is 6.60. The summed E-state index contributed by atoms with van der Waals surface area (Å²) in [6.45, 7) is 0. The second-order valence-electron chi connectivity index (χ2n) is 3.98. The number of rotatable bonds is 6. The van der Waals surface area contributed by atoms with E-state index in [2.05, 4.69) is 12.2 Å². The Hall–Kier alpha value is -0.163. The molecule has 0 radical (unpaired) electrons. The molecule has 1 rings (SSSR count). The van der Waals surface area contributed by atoms with Gasteiger partial charge in [0, 0.05) is 27.4 Å². The molecule has 1 aliphatic rings. The smallest absolute Gasteiger partial charge is 0.377 e. The molecule has 3 nitrogen and oxygen atoms in total. The van der Waals surface area contributed by atoms with Crippen LogP contribution in [0, 0.1) is 5.92 Å². The Balaban J connectivity index is 2.35. The SMILES string of the molecule is CO[Si](CC[C@@H]1CC=CCC1)(OC)OC. The van der Waals surface area contributed by atoms with E-state index in [1.165, 1.54) is 19.3 Å². The van der Waals surface area contributed by atoms with Crippen molar-refractivity contribution in [1.82, 2.24) is 0 Å². The average Bonchev–Trinajstić information content (AvgIpc) is 2.33. The molecule has 0 saturated carbocycles. The van der Waals surface area contributed by atoms with Gasteiger partial charge in [-0.05, 0) is 31.6 Å². The lowest BCUT2D eigenvalue weighted by molar-refractivity contribution is 0.121. The highest BCUT2D eigenvalue weighted by Gasteiger charge is 2.37. The van der Waals surface area contributed by atoms with Crippen LogP contribution < -0.4 is 0 Å². The molecule has 1 atom stereocenters. The first kappa shape index (κ1) is 12.9. The first-order valence-corrected chi connectivity index (χ1v) is 7.50. The Kier molecular flexibility index (Phi) is 5.53. The van der Waals surface area contributed by atoms with Crippen LogP contribution in [-0.4, -0.2) is 30.1 Å². The molecule has 1 aliphatic carbocycles. The van der Waals surface area contributed by atoms with Crippen LogP contribution in [0.1, 0.15) is 25.7 Å². The summed E-state index contributed by atoms with van der Waals surface area (Å²) in [6, 6.07) is 0.926. The van der Waals surface area contributed by atoms with Crippen LogP contribution in [0.5, 0.6) is 0 Å². The lowest BCUT2D eigenvalue weighted by Crippen LogP contribution is -2.43. The van der Waals surface area contributed by atoms with Gasteiger partial charge in [-0.25, -0.2) is 0 Å². The Morgan fingerprint density at radius 1 is 1.13 bits per heavy atom. The maximum Gasteiger partial charge on any atom is 0.500 e. The fourth-order valence-corrected chi connectivity index (χ4v) is 3.93. The third kappa shape index (κ3) is 3.72. The topological polar surface area (TPSA) is 27.7 Å². The van der Waals surface area contributed by atoms with Gasteiger partial charge < -0.3 is 13.3 Å². The van der Waals surface area contributed by atoms with Gasteiger partial charge in [-0.15, -0.1) is 0 Å². The highest BCUT2D eigenvalue weighted by atomic mass is 28.4. The van der Waals surface area contributed by atoms with E-state index < -0.39 is 8.80 Å². The van der Waals surface area contributed by atoms with Crippen molar-refractivity contribution < 1.29 is 13.3 Å². The first-order valence-electron chi connectivity index (χ1n) is 5.57. The standard InChI is InChI=1S/C11H22O3Si/c1-12-15(13-2,14-3)10-9-11-7-5-4-6-8-11/h4-5,11H,6-10H2,1-3H3/t11-/m1/s1. The lowest BCUT2D eigenvalue weighted by Gasteiger charge is -2.26. The fraction of sp³-hybridized carbons (Fsp3) is 0.818. The molecular weight excluding hydrogens is 208 g/mol. The molecule has 0 amide bonds. The van der Waals surface area contributed by atoms with Crippen molar-refractivity contribution in [2.24, 2.45) is 5.92 Å². The molecule has 0 N–H and O–H groups in total. The van der Waals surface area contributed by atoms with E-state index in [1.54, 1.807) is 21.3 Å². The lowest BCUT2D eigenvalue weighted by atomic mass is 9.92. The Morgan fingerprint density at radius 3 is 2.27 bits per heavy atom. The molecule has 0 saturated heterocycles. The molecule has 0 aromatic heterocycles. The van der Waals surface area contributed by atoms with Gasteiger partial charge in [0.25, 0.3) is 0 Å². The number of hydrogen-bond acceptors (Lipinski definition) is 3. The van der Waals surface area contributed by atoms with E-state index in [0.29, 0.717) is 0 Å². The van der Waals surface area contributed by atoms with Crippen molar-refractivity contribution in [1.29, 1.82) is 0 Å². The largest absolute Gasteiger partial charge is 0.500 e. The molecule has 0 unspecified atom stereocenters. The average molecular weight is 230 g/mol. The summed E-state index contributed by atoms with van der Waals surface area (Å²) in [5.41, 5.74) is 0. The van der Waals surface area contributed by atoms with E-state index in [4.69, 9.17) is 13.3 Å². The van der Waals surface area contributed by atoms with Gasteiger partial charge in [-0.3, -0.25) is 0 Å². The maximum atomic E-state index is 5.40. The number of hydrogen-bond donors (Lipinski definition) is 0. The van der Waals surface area contributed by atoms with Gasteiger partial charge in [0.05, 0.1) is 0 Å². The molecule has 0 fully saturated rings. The predicted octanol–water partition coefficient (Wildman–Crippen LogP) is 2.61. The maximum absolute atomic E-state index is 5.40. The molecule has 0 bridgehead atoms. The summed E-state index contributed by atoms with van der Waals surface area (Å²) in [4.78, 5) is 0. The second-order valence-corrected chi connectivity index (χ2v) is 7.08. The quantitative estimate of drug-likeness (QED) is 0.518. The Labute approximate surface area is 93.8 Å². The van der Waals surface area contributed by atoms with Crippen LogP contribution in [0.25, 0.3) is 0 Å². The summed E-state index contributed by atoms with van der Waals surface area (Å²) in [6.07, 6.45) is 9.39. The molecule has 15 heavy (non-hydrogen) atoms. The van der Waals surface area contributed by atoms with Crippen LogP contribution in [0.3, 0.4) is 0 Å². The summed E-state index contributed by atoms with van der Waals surface area (Å²) in [5, 5.41) is 0. The van der Waals surface area contributed by atoms with Crippen molar-refractivity contribution in [2.75, 3.05) is 21.3 Å². The van der Waals surface area contributed by atoms with Crippen LogP contribution >= 0.6 is 0 Å². The van der Waals surface area contributed by atoms with Gasteiger partial charge in [-0.2, -0.15) is 0 Å². The van der Waals surface area contributed by atoms with Crippen LogP contribution in [0.2, 0.25) is 6.04 Å². The summed E-state index contributed by atoms with van der Waals surface area (Å²) in [7, 11) is 2.72. The third-order valence-corrected chi connectivity index (χ3v) is 5.94. The molecule has 0 heterocycles. The van der Waals surface area contributed by atoms with Crippen molar-refractivity contribution in [3.8, 4) is 0 Å². The minimum absolute atomic E-state index is 0.780. The van der Waals surface area contributed by atoms with Crippen molar-refractivity contribution in [2.45, 2.75) is 31.7 Å². The van der Waals surface area contributed by atoms with Crippen molar-refractivity contribution in [3.63, 3.8) is 0 Å². The van der Waals surface area contributed by atoms with Crippen LogP contribution in [0.15, 0.2) is 12.2 Å². The Morgan fingerprint density at radius 2 is 1.80 bits per heavy atom. The predicted molar refractivity (Wildman–Crippen MR) is 62.7 cm³/mol. The zero-order valence-corrected chi connectivity index (χ0v) is 11.0. The monoisotopic (exact) mass is 230 g/mol. The van der Waals surface area contributed by atoms with E-state index in [0.717, 1.165) is 18.4 Å². The van der Waals surface area contributed by atoms with E-state index >= 15 is 0 Å². The van der Waals surface area contributed by atoms with Gasteiger partial charge in [0.2, 0.25) is 0 Å².